The first-order chi connectivity index (χ1) is 10.2. The van der Waals surface area contributed by atoms with Crippen LogP contribution in [0.2, 0.25) is 0 Å². The van der Waals surface area contributed by atoms with Gasteiger partial charge in [0.2, 0.25) is 11.9 Å². The zero-order valence-electron chi connectivity index (χ0n) is 12.0. The van der Waals surface area contributed by atoms with Gasteiger partial charge in [-0.1, -0.05) is 28.1 Å². The van der Waals surface area contributed by atoms with Gasteiger partial charge < -0.3 is 9.88 Å². The molecule has 0 radical (unpaired) electrons. The molecule has 0 aliphatic heterocycles. The summed E-state index contributed by atoms with van der Waals surface area (Å²) in [4.78, 5) is 16.0. The number of aromatic nitrogens is 2. The van der Waals surface area contributed by atoms with E-state index in [4.69, 9.17) is 0 Å². The molecule has 112 valence electrons. The molecule has 1 amide bonds. The first kappa shape index (κ1) is 15.7. The number of rotatable bonds is 7. The average Bonchev–Trinajstić information content (AvgIpc) is 2.89. The third-order valence-electron chi connectivity index (χ3n) is 3.06. The van der Waals surface area contributed by atoms with Crippen molar-refractivity contribution >= 4 is 27.8 Å². The van der Waals surface area contributed by atoms with Gasteiger partial charge in [-0.3, -0.25) is 10.1 Å². The lowest BCUT2D eigenvalue weighted by atomic mass is 10.2. The first-order valence-electron chi connectivity index (χ1n) is 6.89. The van der Waals surface area contributed by atoms with Gasteiger partial charge in [-0.15, -0.1) is 0 Å². The van der Waals surface area contributed by atoms with Gasteiger partial charge in [-0.05, 0) is 37.7 Å². The number of anilines is 1. The number of hydrogen-bond acceptors (Lipinski definition) is 3. The lowest BCUT2D eigenvalue weighted by molar-refractivity contribution is -0.116. The van der Waals surface area contributed by atoms with Crippen molar-refractivity contribution < 1.29 is 4.79 Å². The Balaban J connectivity index is 1.95. The highest BCUT2D eigenvalue weighted by molar-refractivity contribution is 9.10. The summed E-state index contributed by atoms with van der Waals surface area (Å²) in [5.74, 6) is 0.584. The molecule has 1 heterocycles. The van der Waals surface area contributed by atoms with Crippen LogP contribution in [0.3, 0.4) is 0 Å². The fourth-order valence-electron chi connectivity index (χ4n) is 1.96. The van der Waals surface area contributed by atoms with E-state index in [0.29, 0.717) is 18.9 Å². The maximum absolute atomic E-state index is 11.8. The minimum Gasteiger partial charge on any atom is -0.320 e. The molecule has 1 aromatic heterocycles. The molecule has 2 rings (SSSR count). The molecule has 0 aliphatic rings. The van der Waals surface area contributed by atoms with Gasteiger partial charge in [-0.2, -0.15) is 0 Å². The first-order valence-corrected chi connectivity index (χ1v) is 7.68. The summed E-state index contributed by atoms with van der Waals surface area (Å²) < 4.78 is 2.98. The molecule has 0 atom stereocenters. The van der Waals surface area contributed by atoms with Crippen molar-refractivity contribution in [1.82, 2.24) is 14.9 Å². The predicted molar refractivity (Wildman–Crippen MR) is 87.3 cm³/mol. The van der Waals surface area contributed by atoms with Gasteiger partial charge in [0.15, 0.2) is 0 Å². The number of hydrogen-bond donors (Lipinski definition) is 2. The molecule has 0 spiro atoms. The summed E-state index contributed by atoms with van der Waals surface area (Å²) in [6.45, 7) is 1.51. The molecule has 1 aromatic carbocycles. The maximum Gasteiger partial charge on any atom is 0.226 e. The van der Waals surface area contributed by atoms with E-state index >= 15 is 0 Å². The Hall–Kier alpha value is -1.66. The van der Waals surface area contributed by atoms with Crippen molar-refractivity contribution in [2.45, 2.75) is 19.4 Å². The van der Waals surface area contributed by atoms with Crippen LogP contribution in [0.25, 0.3) is 0 Å². The molecule has 0 bridgehead atoms. The number of amides is 1. The molecule has 0 fully saturated rings. The smallest absolute Gasteiger partial charge is 0.226 e. The monoisotopic (exact) mass is 350 g/mol. The molecular formula is C15H19BrN4O. The van der Waals surface area contributed by atoms with Gasteiger partial charge in [0.25, 0.3) is 0 Å². The van der Waals surface area contributed by atoms with E-state index in [2.05, 4.69) is 31.5 Å². The van der Waals surface area contributed by atoms with Crippen LogP contribution in [0, 0.1) is 0 Å². The highest BCUT2D eigenvalue weighted by Gasteiger charge is 2.07. The van der Waals surface area contributed by atoms with Crippen LogP contribution in [0.4, 0.5) is 5.95 Å². The van der Waals surface area contributed by atoms with Crippen LogP contribution in [0.1, 0.15) is 18.4 Å². The van der Waals surface area contributed by atoms with Gasteiger partial charge >= 0.3 is 0 Å². The lowest BCUT2D eigenvalue weighted by Crippen LogP contribution is -2.18. The Morgan fingerprint density at radius 1 is 1.33 bits per heavy atom. The van der Waals surface area contributed by atoms with Crippen LogP contribution in [-0.2, 0) is 11.3 Å². The lowest BCUT2D eigenvalue weighted by Gasteiger charge is -2.09. The van der Waals surface area contributed by atoms with Gasteiger partial charge in [0.05, 0.1) is 6.54 Å². The average molecular weight is 351 g/mol. The van der Waals surface area contributed by atoms with Crippen LogP contribution in [0.5, 0.6) is 0 Å². The van der Waals surface area contributed by atoms with Gasteiger partial charge in [-0.25, -0.2) is 4.98 Å². The summed E-state index contributed by atoms with van der Waals surface area (Å²) in [7, 11) is 1.88. The number of imidazole rings is 1. The zero-order chi connectivity index (χ0) is 15.1. The van der Waals surface area contributed by atoms with E-state index < -0.39 is 0 Å². The summed E-state index contributed by atoms with van der Waals surface area (Å²) >= 11 is 3.42. The molecule has 5 nitrogen and oxygen atoms in total. The number of carbonyl (C=O) groups excluding carboxylic acids is 1. The quantitative estimate of drug-likeness (QED) is 0.754. The molecule has 0 saturated heterocycles. The van der Waals surface area contributed by atoms with Crippen molar-refractivity contribution in [3.8, 4) is 0 Å². The Kier molecular flexibility index (Phi) is 5.95. The fraction of sp³-hybridized carbons (Fsp3) is 0.333. The largest absolute Gasteiger partial charge is 0.320 e. The van der Waals surface area contributed by atoms with Crippen molar-refractivity contribution in [1.29, 1.82) is 0 Å². The predicted octanol–water partition coefficient (Wildman–Crippen LogP) is 2.63. The minimum atomic E-state index is -0.00601. The molecular weight excluding hydrogens is 332 g/mol. The normalized spacial score (nSPS) is 10.6. The zero-order valence-corrected chi connectivity index (χ0v) is 13.6. The molecule has 0 aliphatic carbocycles. The third-order valence-corrected chi connectivity index (χ3v) is 3.59. The molecule has 0 saturated carbocycles. The minimum absolute atomic E-state index is 0.00601. The van der Waals surface area contributed by atoms with Crippen LogP contribution >= 0.6 is 15.9 Å². The van der Waals surface area contributed by atoms with Gasteiger partial charge in [0.1, 0.15) is 0 Å². The highest BCUT2D eigenvalue weighted by Crippen LogP contribution is 2.14. The SMILES string of the molecule is CNCCCC(=O)Nc1nccn1Cc1ccc(Br)cc1. The molecule has 2 N–H and O–H groups in total. The molecule has 2 aromatic rings. The fourth-order valence-corrected chi connectivity index (χ4v) is 2.22. The van der Waals surface area contributed by atoms with Gasteiger partial charge in [0, 0.05) is 23.3 Å². The topological polar surface area (TPSA) is 59.0 Å². The van der Waals surface area contributed by atoms with E-state index in [9.17, 15) is 4.79 Å². The molecule has 21 heavy (non-hydrogen) atoms. The number of carbonyl (C=O) groups is 1. The van der Waals surface area contributed by atoms with Crippen LogP contribution < -0.4 is 10.6 Å². The molecule has 0 unspecified atom stereocenters. The Bertz CT molecular complexity index is 580. The van der Waals surface area contributed by atoms with E-state index in [1.54, 1.807) is 6.20 Å². The second-order valence-electron chi connectivity index (χ2n) is 4.76. The van der Waals surface area contributed by atoms with E-state index in [-0.39, 0.29) is 5.91 Å². The van der Waals surface area contributed by atoms with Crippen molar-refractivity contribution in [3.63, 3.8) is 0 Å². The summed E-state index contributed by atoms with van der Waals surface area (Å²) in [5.41, 5.74) is 1.15. The van der Waals surface area contributed by atoms with E-state index in [1.807, 2.05) is 42.1 Å². The van der Waals surface area contributed by atoms with E-state index in [0.717, 1.165) is 23.0 Å². The molecule has 6 heteroatoms. The standard InChI is InChI=1S/C15H19BrN4O/c1-17-8-2-3-14(21)19-15-18-9-10-20(15)11-12-4-6-13(16)7-5-12/h4-7,9-10,17H,2-3,8,11H2,1H3,(H,18,19,21). The Morgan fingerprint density at radius 3 is 2.81 bits per heavy atom. The summed E-state index contributed by atoms with van der Waals surface area (Å²) in [5, 5.41) is 5.88. The maximum atomic E-state index is 11.8. The van der Waals surface area contributed by atoms with Crippen molar-refractivity contribution in [2.24, 2.45) is 0 Å². The Morgan fingerprint density at radius 2 is 2.10 bits per heavy atom. The van der Waals surface area contributed by atoms with Crippen LogP contribution in [-0.4, -0.2) is 29.1 Å². The number of nitrogens with zero attached hydrogens (tertiary/aromatic N) is 2. The van der Waals surface area contributed by atoms with Crippen molar-refractivity contribution in [3.05, 3.63) is 46.7 Å². The second kappa shape index (κ2) is 7.95. The van der Waals surface area contributed by atoms with Crippen molar-refractivity contribution in [2.75, 3.05) is 18.9 Å². The highest BCUT2D eigenvalue weighted by atomic mass is 79.9. The van der Waals surface area contributed by atoms with Crippen LogP contribution in [0.15, 0.2) is 41.1 Å². The Labute approximate surface area is 132 Å². The summed E-state index contributed by atoms with van der Waals surface area (Å²) in [6.07, 6.45) is 4.87. The number of nitrogens with one attached hydrogen (secondary N) is 2. The van der Waals surface area contributed by atoms with E-state index in [1.165, 1.54) is 0 Å². The summed E-state index contributed by atoms with van der Waals surface area (Å²) in [6, 6.07) is 8.09. The number of halogens is 1. The second-order valence-corrected chi connectivity index (χ2v) is 5.68. The third kappa shape index (κ3) is 4.99. The number of benzene rings is 1.